The molecule has 1 aromatic rings. The molecule has 0 spiro atoms. The summed E-state index contributed by atoms with van der Waals surface area (Å²) >= 11 is 10.6. The third kappa shape index (κ3) is 4.93. The van der Waals surface area contributed by atoms with Gasteiger partial charge in [0.2, 0.25) is 0 Å². The Morgan fingerprint density at radius 2 is 1.91 bits per heavy atom. The van der Waals surface area contributed by atoms with Gasteiger partial charge in [-0.15, -0.1) is 12.4 Å². The van der Waals surface area contributed by atoms with Gasteiger partial charge in [-0.25, -0.2) is 12.7 Å². The Kier molecular flexibility index (Phi) is 7.71. The molecule has 0 aromatic heterocycles. The van der Waals surface area contributed by atoms with Crippen molar-refractivity contribution in [3.05, 3.63) is 28.8 Å². The molecule has 0 fully saturated rings. The van der Waals surface area contributed by atoms with Gasteiger partial charge in [-0.3, -0.25) is 4.79 Å². The van der Waals surface area contributed by atoms with Crippen LogP contribution in [0.2, 0.25) is 5.02 Å². The molecule has 1 rings (SSSR count). The number of rotatable bonds is 4. The molecule has 0 unspecified atom stereocenters. The van der Waals surface area contributed by atoms with Crippen LogP contribution in [0, 0.1) is 0 Å². The second-order valence-corrected chi connectivity index (χ2v) is 6.65. The zero-order valence-corrected chi connectivity index (χ0v) is 15.1. The Hall–Kier alpha value is -1.62. The van der Waals surface area contributed by atoms with E-state index in [4.69, 9.17) is 41.0 Å². The molecule has 0 aliphatic carbocycles. The van der Waals surface area contributed by atoms with Gasteiger partial charge < -0.3 is 17.2 Å². The SMILES string of the molecule is CCN(C(N)=S)S(=O)(=O)c1cc(C(=O)N=C(N)N)ccc1Cl.Cl. The van der Waals surface area contributed by atoms with Crippen LogP contribution in [-0.2, 0) is 10.0 Å². The molecular weight excluding hydrogens is 385 g/mol. The van der Waals surface area contributed by atoms with E-state index >= 15 is 0 Å². The zero-order valence-electron chi connectivity index (χ0n) is 11.9. The summed E-state index contributed by atoms with van der Waals surface area (Å²) in [4.78, 5) is 14.8. The number of hydrogen-bond donors (Lipinski definition) is 3. The molecule has 0 heterocycles. The van der Waals surface area contributed by atoms with Crippen molar-refractivity contribution in [2.24, 2.45) is 22.2 Å². The molecule has 0 aliphatic heterocycles. The van der Waals surface area contributed by atoms with Gasteiger partial charge in [-0.1, -0.05) is 11.6 Å². The number of benzene rings is 1. The number of halogens is 2. The molecule has 1 aromatic carbocycles. The predicted molar refractivity (Wildman–Crippen MR) is 95.2 cm³/mol. The largest absolute Gasteiger partial charge is 0.375 e. The molecule has 0 aliphatic rings. The summed E-state index contributed by atoms with van der Waals surface area (Å²) in [7, 11) is -4.09. The van der Waals surface area contributed by atoms with Crippen molar-refractivity contribution in [3.8, 4) is 0 Å². The lowest BCUT2D eigenvalue weighted by atomic mass is 10.2. The van der Waals surface area contributed by atoms with Crippen LogP contribution in [0.4, 0.5) is 0 Å². The number of amides is 1. The summed E-state index contributed by atoms with van der Waals surface area (Å²) in [6.07, 6.45) is 0. The van der Waals surface area contributed by atoms with E-state index in [0.717, 1.165) is 10.4 Å². The molecule has 1 amide bonds. The first-order valence-electron chi connectivity index (χ1n) is 5.87. The van der Waals surface area contributed by atoms with Gasteiger partial charge >= 0.3 is 0 Å². The molecular formula is C11H15Cl2N5O3S2. The summed E-state index contributed by atoms with van der Waals surface area (Å²) in [5.74, 6) is -1.24. The van der Waals surface area contributed by atoms with Crippen LogP contribution >= 0.6 is 36.2 Å². The van der Waals surface area contributed by atoms with Crippen LogP contribution in [0.15, 0.2) is 28.1 Å². The van der Waals surface area contributed by atoms with E-state index in [1.165, 1.54) is 12.1 Å². The Labute approximate surface area is 150 Å². The van der Waals surface area contributed by atoms with E-state index in [9.17, 15) is 13.2 Å². The van der Waals surface area contributed by atoms with Crippen LogP contribution < -0.4 is 17.2 Å². The number of nitrogens with two attached hydrogens (primary N) is 3. The minimum Gasteiger partial charge on any atom is -0.375 e. The Morgan fingerprint density at radius 3 is 2.35 bits per heavy atom. The normalized spacial score (nSPS) is 10.3. The average molecular weight is 400 g/mol. The zero-order chi connectivity index (χ0) is 17.1. The predicted octanol–water partition coefficient (Wildman–Crippen LogP) is 0.430. The van der Waals surface area contributed by atoms with Gasteiger partial charge in [0, 0.05) is 12.1 Å². The number of carbonyl (C=O) groups is 1. The third-order valence-corrected chi connectivity index (χ3v) is 5.22. The number of thiocarbonyl (C=S) groups is 1. The first-order valence-corrected chi connectivity index (χ1v) is 8.09. The second-order valence-electron chi connectivity index (χ2n) is 4.00. The molecule has 8 nitrogen and oxygen atoms in total. The Balaban J connectivity index is 0.00000484. The third-order valence-electron chi connectivity index (χ3n) is 2.51. The minimum atomic E-state index is -4.09. The van der Waals surface area contributed by atoms with E-state index in [1.54, 1.807) is 6.92 Å². The van der Waals surface area contributed by atoms with Gasteiger partial charge in [0.25, 0.3) is 15.9 Å². The Bertz CT molecular complexity index is 748. The van der Waals surface area contributed by atoms with Crippen molar-refractivity contribution in [2.75, 3.05) is 6.54 Å². The lowest BCUT2D eigenvalue weighted by Crippen LogP contribution is -2.40. The molecule has 6 N–H and O–H groups in total. The highest BCUT2D eigenvalue weighted by Crippen LogP contribution is 2.26. The van der Waals surface area contributed by atoms with Crippen LogP contribution in [0.3, 0.4) is 0 Å². The number of aliphatic imine (C=N–C) groups is 1. The highest BCUT2D eigenvalue weighted by molar-refractivity contribution is 7.91. The van der Waals surface area contributed by atoms with Gasteiger partial charge in [0.15, 0.2) is 11.1 Å². The lowest BCUT2D eigenvalue weighted by Gasteiger charge is -2.21. The Morgan fingerprint density at radius 1 is 1.35 bits per heavy atom. The topological polar surface area (TPSA) is 145 Å². The number of nitrogens with zero attached hydrogens (tertiary/aromatic N) is 2. The molecule has 0 atom stereocenters. The average Bonchev–Trinajstić information content (AvgIpc) is 2.37. The molecule has 12 heteroatoms. The van der Waals surface area contributed by atoms with Crippen molar-refractivity contribution >= 4 is 63.2 Å². The number of carbonyl (C=O) groups excluding carboxylic acids is 1. The number of hydrogen-bond acceptors (Lipinski definition) is 4. The van der Waals surface area contributed by atoms with Crippen molar-refractivity contribution in [2.45, 2.75) is 11.8 Å². The number of guanidine groups is 1. The fraction of sp³-hybridized carbons (Fsp3) is 0.182. The first-order chi connectivity index (χ1) is 10.1. The summed E-state index contributed by atoms with van der Waals surface area (Å²) < 4.78 is 25.8. The molecule has 128 valence electrons. The van der Waals surface area contributed by atoms with E-state index in [-0.39, 0.29) is 39.5 Å². The summed E-state index contributed by atoms with van der Waals surface area (Å²) in [6, 6.07) is 3.61. The molecule has 0 bridgehead atoms. The smallest absolute Gasteiger partial charge is 0.280 e. The van der Waals surface area contributed by atoms with E-state index in [0.29, 0.717) is 0 Å². The maximum absolute atomic E-state index is 12.5. The van der Waals surface area contributed by atoms with Gasteiger partial charge in [-0.05, 0) is 37.3 Å². The highest BCUT2D eigenvalue weighted by Gasteiger charge is 2.27. The van der Waals surface area contributed by atoms with Gasteiger partial charge in [0.05, 0.1) is 5.02 Å². The molecule has 0 radical (unpaired) electrons. The second kappa shape index (κ2) is 8.29. The summed E-state index contributed by atoms with van der Waals surface area (Å²) in [5.41, 5.74) is 15.6. The van der Waals surface area contributed by atoms with Crippen LogP contribution in [0.25, 0.3) is 0 Å². The van der Waals surface area contributed by atoms with Crippen LogP contribution in [0.1, 0.15) is 17.3 Å². The van der Waals surface area contributed by atoms with E-state index < -0.39 is 21.9 Å². The molecule has 23 heavy (non-hydrogen) atoms. The van der Waals surface area contributed by atoms with E-state index in [1.807, 2.05) is 0 Å². The summed E-state index contributed by atoms with van der Waals surface area (Å²) in [5, 5.41) is -0.421. The number of sulfonamides is 1. The van der Waals surface area contributed by atoms with Crippen molar-refractivity contribution in [1.29, 1.82) is 0 Å². The fourth-order valence-corrected chi connectivity index (χ4v) is 3.82. The lowest BCUT2D eigenvalue weighted by molar-refractivity contribution is 0.100. The van der Waals surface area contributed by atoms with Crippen molar-refractivity contribution in [3.63, 3.8) is 0 Å². The van der Waals surface area contributed by atoms with Crippen molar-refractivity contribution < 1.29 is 13.2 Å². The van der Waals surface area contributed by atoms with E-state index in [2.05, 4.69) is 4.99 Å². The highest BCUT2D eigenvalue weighted by atomic mass is 35.5. The monoisotopic (exact) mass is 399 g/mol. The molecule has 0 saturated heterocycles. The van der Waals surface area contributed by atoms with Gasteiger partial charge in [0.1, 0.15) is 4.90 Å². The van der Waals surface area contributed by atoms with Crippen molar-refractivity contribution in [1.82, 2.24) is 4.31 Å². The van der Waals surface area contributed by atoms with Gasteiger partial charge in [-0.2, -0.15) is 4.99 Å². The first kappa shape index (κ1) is 21.4. The van der Waals surface area contributed by atoms with Crippen LogP contribution in [0.5, 0.6) is 0 Å². The maximum Gasteiger partial charge on any atom is 0.280 e. The molecule has 0 saturated carbocycles. The standard InChI is InChI=1S/C11H14ClN5O3S2.ClH/c1-2-17(11(15)21)22(19,20)8-5-6(3-4-7(8)12)9(18)16-10(13)14;/h3-5H,2H2,1H3,(H2,15,21)(H4,13,14,16,18);1H. The summed E-state index contributed by atoms with van der Waals surface area (Å²) in [6.45, 7) is 1.57. The maximum atomic E-state index is 12.5. The fourth-order valence-electron chi connectivity index (χ4n) is 1.58. The van der Waals surface area contributed by atoms with Crippen LogP contribution in [-0.4, -0.2) is 36.2 Å². The quantitative estimate of drug-likeness (QED) is 0.377. The minimum absolute atomic E-state index is 0.